The summed E-state index contributed by atoms with van der Waals surface area (Å²) < 4.78 is 11.3. The third-order valence-corrected chi connectivity index (χ3v) is 12.9. The Balaban J connectivity index is 1.26. The molecule has 1 aliphatic heterocycles. The van der Waals surface area contributed by atoms with Crippen molar-refractivity contribution in [3.05, 3.63) is 125 Å². The number of aryl methyl sites for hydroxylation is 2. The fourth-order valence-electron chi connectivity index (χ4n) is 9.70. The van der Waals surface area contributed by atoms with E-state index in [9.17, 15) is 30.6 Å². The van der Waals surface area contributed by atoms with Crippen LogP contribution in [0.5, 0.6) is 34.5 Å². The molecule has 5 aromatic rings. The van der Waals surface area contributed by atoms with Gasteiger partial charge in [-0.2, -0.15) is 0 Å². The number of carbonyl (C=O) groups excluding carboxylic acids is 1. The van der Waals surface area contributed by atoms with Gasteiger partial charge in [0.2, 0.25) is 5.75 Å². The van der Waals surface area contributed by atoms with Gasteiger partial charge in [-0.1, -0.05) is 38.1 Å². The smallest absolute Gasteiger partial charge is 0.200 e. The highest BCUT2D eigenvalue weighted by Crippen LogP contribution is 2.58. The molecule has 0 saturated heterocycles. The number of hydrogen-bond acceptors (Lipinski definition) is 11. The van der Waals surface area contributed by atoms with Crippen LogP contribution in [0.4, 0.5) is 5.69 Å². The lowest BCUT2D eigenvalue weighted by Gasteiger charge is -2.46. The molecule has 5 atom stereocenters. The Morgan fingerprint density at radius 2 is 1.70 bits per heavy atom. The molecule has 63 heavy (non-hydrogen) atoms. The number of nitrogens with one attached hydrogen (secondary N) is 3. The molecule has 2 aliphatic rings. The molecule has 12 heteroatoms. The summed E-state index contributed by atoms with van der Waals surface area (Å²) in [6.07, 6.45) is 7.78. The zero-order valence-corrected chi connectivity index (χ0v) is 36.3. The van der Waals surface area contributed by atoms with Crippen LogP contribution in [0.3, 0.4) is 0 Å². The number of aromatic hydroxyl groups is 4. The molecule has 334 valence electrons. The van der Waals surface area contributed by atoms with E-state index in [-0.39, 0.29) is 53.8 Å². The van der Waals surface area contributed by atoms with Gasteiger partial charge < -0.3 is 55.7 Å². The minimum Gasteiger partial charge on any atom is -0.508 e. The summed E-state index contributed by atoms with van der Waals surface area (Å²) in [5.74, 6) is -0.472. The predicted octanol–water partition coefficient (Wildman–Crippen LogP) is 8.41. The van der Waals surface area contributed by atoms with E-state index < -0.39 is 29.5 Å². The number of aromatic amines is 1. The Labute approximate surface area is 368 Å². The molecule has 12 nitrogen and oxygen atoms in total. The molecular weight excluding hydrogens is 799 g/mol. The molecule has 0 amide bonds. The van der Waals surface area contributed by atoms with Crippen molar-refractivity contribution in [3.8, 4) is 34.5 Å². The van der Waals surface area contributed by atoms with E-state index in [1.807, 2.05) is 48.7 Å². The predicted molar refractivity (Wildman–Crippen MR) is 244 cm³/mol. The van der Waals surface area contributed by atoms with Gasteiger partial charge in [0.05, 0.1) is 31.8 Å². The van der Waals surface area contributed by atoms with Crippen molar-refractivity contribution in [2.75, 3.05) is 25.6 Å². The number of ether oxygens (including phenoxy) is 2. The molecule has 4 aromatic carbocycles. The normalized spacial score (nSPS) is 19.6. The summed E-state index contributed by atoms with van der Waals surface area (Å²) >= 11 is 0. The summed E-state index contributed by atoms with van der Waals surface area (Å²) in [6.45, 7) is 5.05. The monoisotopic (exact) mass is 859 g/mol. The van der Waals surface area contributed by atoms with E-state index in [1.54, 1.807) is 36.4 Å². The van der Waals surface area contributed by atoms with Crippen molar-refractivity contribution in [3.63, 3.8) is 0 Å². The lowest BCUT2D eigenvalue weighted by atomic mass is 9.58. The number of benzene rings is 4. The topological polar surface area (TPSA) is 197 Å². The highest BCUT2D eigenvalue weighted by atomic mass is 16.5. The van der Waals surface area contributed by atoms with Gasteiger partial charge in [-0.25, -0.2) is 0 Å². The fraction of sp³-hybridized carbons (Fsp3) is 0.392. The van der Waals surface area contributed by atoms with Gasteiger partial charge in [0.25, 0.3) is 0 Å². The molecule has 5 unspecified atom stereocenters. The molecule has 0 radical (unpaired) electrons. The van der Waals surface area contributed by atoms with E-state index in [0.717, 1.165) is 46.1 Å². The van der Waals surface area contributed by atoms with E-state index >= 15 is 4.79 Å². The van der Waals surface area contributed by atoms with Crippen LogP contribution in [0, 0.1) is 23.2 Å². The first-order valence-electron chi connectivity index (χ1n) is 22.0. The van der Waals surface area contributed by atoms with Crippen molar-refractivity contribution in [1.29, 1.82) is 0 Å². The van der Waals surface area contributed by atoms with Crippen LogP contribution in [-0.2, 0) is 24.1 Å². The Hall–Kier alpha value is -6.11. The third kappa shape index (κ3) is 10.4. The van der Waals surface area contributed by atoms with Crippen LogP contribution >= 0.6 is 0 Å². The molecule has 1 aliphatic carbocycles. The molecular formula is C51H61N3O9. The second-order valence-corrected chi connectivity index (χ2v) is 17.5. The highest BCUT2D eigenvalue weighted by Gasteiger charge is 2.58. The number of aliphatic hydroxyl groups excluding tert-OH is 2. The van der Waals surface area contributed by atoms with E-state index in [1.165, 1.54) is 13.2 Å². The Morgan fingerprint density at radius 3 is 2.48 bits per heavy atom. The van der Waals surface area contributed by atoms with Gasteiger partial charge in [0, 0.05) is 41.9 Å². The molecule has 7 rings (SSSR count). The lowest BCUT2D eigenvalue weighted by molar-refractivity contribution is -0.134. The van der Waals surface area contributed by atoms with Gasteiger partial charge in [-0.05, 0) is 151 Å². The zero-order valence-electron chi connectivity index (χ0n) is 36.3. The number of allylic oxidation sites excluding steroid dienone is 2. The number of Topliss-reactive ketones (excluding diaryl/α,β-unsaturated/α-hetero) is 1. The number of phenolic OH excluding ortho intramolecular Hbond substituents is 4. The molecule has 0 bridgehead atoms. The van der Waals surface area contributed by atoms with Gasteiger partial charge in [0.15, 0.2) is 23.0 Å². The summed E-state index contributed by atoms with van der Waals surface area (Å²) in [7, 11) is 1.48. The minimum atomic E-state index is -1.15. The summed E-state index contributed by atoms with van der Waals surface area (Å²) in [5.41, 5.74) is 2.95. The van der Waals surface area contributed by atoms with Crippen LogP contribution in [0.15, 0.2) is 109 Å². The number of dihydropyridines is 1. The average molecular weight is 860 g/mol. The van der Waals surface area contributed by atoms with Crippen molar-refractivity contribution in [2.45, 2.75) is 83.8 Å². The van der Waals surface area contributed by atoms with Gasteiger partial charge in [-0.15, -0.1) is 0 Å². The fourth-order valence-corrected chi connectivity index (χ4v) is 9.70. The Morgan fingerprint density at radius 1 is 0.905 bits per heavy atom. The molecule has 1 aromatic heterocycles. The number of anilines is 1. The number of methoxy groups -OCH3 is 1. The maximum absolute atomic E-state index is 15.3. The molecule has 0 spiro atoms. The van der Waals surface area contributed by atoms with E-state index in [2.05, 4.69) is 35.5 Å². The first-order chi connectivity index (χ1) is 30.3. The lowest BCUT2D eigenvalue weighted by Crippen LogP contribution is -2.50. The maximum atomic E-state index is 15.3. The number of fused-ring (bicyclic) bond motifs is 1. The maximum Gasteiger partial charge on any atom is 0.200 e. The van der Waals surface area contributed by atoms with Crippen LogP contribution < -0.4 is 20.1 Å². The first-order valence-corrected chi connectivity index (χ1v) is 22.0. The van der Waals surface area contributed by atoms with Crippen molar-refractivity contribution in [1.82, 2.24) is 10.3 Å². The molecule has 1 saturated carbocycles. The first kappa shape index (κ1) is 44.9. The van der Waals surface area contributed by atoms with Gasteiger partial charge in [-0.3, -0.25) is 4.79 Å². The van der Waals surface area contributed by atoms with Crippen LogP contribution in [0.25, 0.3) is 10.8 Å². The SMILES string of the molecule is COc1cc(CCC(O)C(C(=O)CCc2cc(O)c(O)c(OCCCC(C)C)c2)C2(C3=CCNC(Nc4ccc5cc(O)ccc5c4)=C3)CCC(O)C2Cc2ccc[nH]2)ccc1O. The van der Waals surface area contributed by atoms with Crippen LogP contribution in [0.1, 0.15) is 69.2 Å². The number of hydrogen-bond donors (Lipinski definition) is 9. The van der Waals surface area contributed by atoms with Crippen molar-refractivity contribution in [2.24, 2.45) is 23.2 Å². The number of rotatable bonds is 20. The standard InChI is InChI=1S/C51H61N3O9/c1-31(2)6-5-23-63-47-26-33(24-45(60)50(47)61)10-17-44(59)49(43(58)16-9-32-8-15-42(57)46(25-32)62-3)51(20-18-41(56)40(51)30-37-7-4-21-52-37)36-19-22-53-48(29-36)54-38-13-11-35-28-39(55)14-12-34(35)27-38/h4,7-8,11-15,19,21,24-29,31,40-41,43,49,52-58,60-61H,5-6,9-10,16-18,20,22-23,30H2,1-3H3. The second-order valence-electron chi connectivity index (χ2n) is 17.5. The summed E-state index contributed by atoms with van der Waals surface area (Å²) in [5, 5.41) is 75.1. The number of H-pyrrole nitrogens is 1. The number of ketones is 1. The van der Waals surface area contributed by atoms with Gasteiger partial charge >= 0.3 is 0 Å². The molecule has 9 N–H and O–H groups in total. The summed E-state index contributed by atoms with van der Waals surface area (Å²) in [4.78, 5) is 18.6. The van der Waals surface area contributed by atoms with Gasteiger partial charge in [0.1, 0.15) is 17.4 Å². The zero-order chi connectivity index (χ0) is 44.7. The average Bonchev–Trinajstić information content (AvgIpc) is 3.91. The number of phenols is 4. The Kier molecular flexibility index (Phi) is 14.2. The molecule has 1 fully saturated rings. The van der Waals surface area contributed by atoms with E-state index in [4.69, 9.17) is 9.47 Å². The quantitative estimate of drug-likeness (QED) is 0.0269. The number of aliphatic hydroxyl groups is 2. The van der Waals surface area contributed by atoms with E-state index in [0.29, 0.717) is 61.9 Å². The molecule has 2 heterocycles. The van der Waals surface area contributed by atoms with Crippen molar-refractivity contribution >= 4 is 22.2 Å². The Bertz CT molecular complexity index is 2430. The van der Waals surface area contributed by atoms with Crippen LogP contribution in [-0.4, -0.2) is 73.9 Å². The summed E-state index contributed by atoms with van der Waals surface area (Å²) in [6, 6.07) is 23.1. The number of aromatic nitrogens is 1. The van der Waals surface area contributed by atoms with Crippen molar-refractivity contribution < 1.29 is 44.9 Å². The largest absolute Gasteiger partial charge is 0.508 e. The third-order valence-electron chi connectivity index (χ3n) is 12.9. The van der Waals surface area contributed by atoms with Crippen LogP contribution in [0.2, 0.25) is 0 Å². The second kappa shape index (κ2) is 19.9. The number of carbonyl (C=O) groups is 1. The highest BCUT2D eigenvalue weighted by molar-refractivity contribution is 5.87. The minimum absolute atomic E-state index is 0.00215.